The van der Waals surface area contributed by atoms with Gasteiger partial charge in [-0.3, -0.25) is 4.79 Å². The van der Waals surface area contributed by atoms with Gasteiger partial charge in [0.2, 0.25) is 0 Å². The van der Waals surface area contributed by atoms with Gasteiger partial charge in [0, 0.05) is 17.7 Å². The normalized spacial score (nSPS) is 11.9. The highest BCUT2D eigenvalue weighted by molar-refractivity contribution is 5.68. The second-order valence-corrected chi connectivity index (χ2v) is 3.55. The van der Waals surface area contributed by atoms with Crippen molar-refractivity contribution in [1.29, 1.82) is 0 Å². The summed E-state index contributed by atoms with van der Waals surface area (Å²) in [5, 5.41) is 11.8. The van der Waals surface area contributed by atoms with Gasteiger partial charge in [-0.2, -0.15) is 0 Å². The van der Waals surface area contributed by atoms with Gasteiger partial charge in [-0.1, -0.05) is 6.07 Å². The van der Waals surface area contributed by atoms with Crippen molar-refractivity contribution in [1.82, 2.24) is 5.32 Å². The number of rotatable bonds is 6. The molecule has 0 aromatic heterocycles. The molecule has 0 saturated heterocycles. The number of hydrogen-bond acceptors (Lipinski definition) is 4. The quantitative estimate of drug-likeness (QED) is 0.786. The standard InChI is InChI=1S/C12H17NO4/c1-13-10(7-12(14)15)9-5-4-8(16-2)6-11(9)17-3/h4-6,10,13H,7H2,1-3H3,(H,14,15). The molecule has 5 heteroatoms. The summed E-state index contributed by atoms with van der Waals surface area (Å²) >= 11 is 0. The second kappa shape index (κ2) is 6.10. The molecule has 1 aromatic carbocycles. The zero-order chi connectivity index (χ0) is 12.8. The number of methoxy groups -OCH3 is 2. The van der Waals surface area contributed by atoms with E-state index in [9.17, 15) is 4.79 Å². The SMILES string of the molecule is CNC(CC(=O)O)c1ccc(OC)cc1OC. The molecule has 0 radical (unpaired) electrons. The molecule has 0 bridgehead atoms. The first-order valence-electron chi connectivity index (χ1n) is 5.23. The Labute approximate surface area is 100 Å². The van der Waals surface area contributed by atoms with Crippen LogP contribution < -0.4 is 14.8 Å². The van der Waals surface area contributed by atoms with Crippen LogP contribution in [0.4, 0.5) is 0 Å². The first-order valence-corrected chi connectivity index (χ1v) is 5.23. The van der Waals surface area contributed by atoms with Crippen LogP contribution in [0.1, 0.15) is 18.0 Å². The topological polar surface area (TPSA) is 67.8 Å². The van der Waals surface area contributed by atoms with Gasteiger partial charge in [-0.05, 0) is 13.1 Å². The zero-order valence-electron chi connectivity index (χ0n) is 10.2. The minimum absolute atomic E-state index is 0.000805. The fraction of sp³-hybridized carbons (Fsp3) is 0.417. The lowest BCUT2D eigenvalue weighted by molar-refractivity contribution is -0.137. The van der Waals surface area contributed by atoms with E-state index in [1.807, 2.05) is 6.07 Å². The van der Waals surface area contributed by atoms with Gasteiger partial charge in [0.25, 0.3) is 0 Å². The van der Waals surface area contributed by atoms with Crippen molar-refractivity contribution in [3.63, 3.8) is 0 Å². The molecule has 0 aliphatic rings. The van der Waals surface area contributed by atoms with E-state index >= 15 is 0 Å². The third kappa shape index (κ3) is 3.35. The molecule has 2 N–H and O–H groups in total. The molecule has 0 amide bonds. The molecular weight excluding hydrogens is 222 g/mol. The molecule has 1 rings (SSSR count). The molecular formula is C12H17NO4. The number of nitrogens with one attached hydrogen (secondary N) is 1. The molecule has 1 unspecified atom stereocenters. The predicted octanol–water partition coefficient (Wildman–Crippen LogP) is 1.44. The summed E-state index contributed by atoms with van der Waals surface area (Å²) in [6, 6.07) is 5.04. The molecule has 0 spiro atoms. The Balaban J connectivity index is 3.05. The Morgan fingerprint density at radius 1 is 1.41 bits per heavy atom. The summed E-state index contributed by atoms with van der Waals surface area (Å²) in [5.41, 5.74) is 0.804. The van der Waals surface area contributed by atoms with E-state index in [1.54, 1.807) is 33.4 Å². The molecule has 0 fully saturated rings. The van der Waals surface area contributed by atoms with Crippen LogP contribution >= 0.6 is 0 Å². The van der Waals surface area contributed by atoms with Crippen LogP contribution in [0.2, 0.25) is 0 Å². The van der Waals surface area contributed by atoms with Crippen LogP contribution in [0.25, 0.3) is 0 Å². The molecule has 5 nitrogen and oxygen atoms in total. The second-order valence-electron chi connectivity index (χ2n) is 3.55. The van der Waals surface area contributed by atoms with Crippen molar-refractivity contribution in [2.45, 2.75) is 12.5 Å². The third-order valence-corrected chi connectivity index (χ3v) is 2.54. The van der Waals surface area contributed by atoms with E-state index in [0.717, 1.165) is 5.56 Å². The molecule has 1 aromatic rings. The van der Waals surface area contributed by atoms with E-state index < -0.39 is 5.97 Å². The summed E-state index contributed by atoms with van der Waals surface area (Å²) in [6.45, 7) is 0. The summed E-state index contributed by atoms with van der Waals surface area (Å²) in [7, 11) is 4.84. The van der Waals surface area contributed by atoms with Gasteiger partial charge >= 0.3 is 5.97 Å². The van der Waals surface area contributed by atoms with Crippen molar-refractivity contribution in [2.24, 2.45) is 0 Å². The Bertz CT molecular complexity index is 392. The van der Waals surface area contributed by atoms with E-state index in [0.29, 0.717) is 11.5 Å². The van der Waals surface area contributed by atoms with Crippen LogP contribution in [-0.2, 0) is 4.79 Å². The molecule has 94 valence electrons. The lowest BCUT2D eigenvalue weighted by atomic mass is 10.0. The van der Waals surface area contributed by atoms with Crippen molar-refractivity contribution >= 4 is 5.97 Å². The maximum atomic E-state index is 10.8. The number of carbonyl (C=O) groups is 1. The highest BCUT2D eigenvalue weighted by atomic mass is 16.5. The van der Waals surface area contributed by atoms with Crippen LogP contribution in [0.15, 0.2) is 18.2 Å². The molecule has 0 aliphatic carbocycles. The minimum Gasteiger partial charge on any atom is -0.497 e. The fourth-order valence-corrected chi connectivity index (χ4v) is 1.65. The van der Waals surface area contributed by atoms with Crippen molar-refractivity contribution in [2.75, 3.05) is 21.3 Å². The van der Waals surface area contributed by atoms with Crippen LogP contribution in [0, 0.1) is 0 Å². The van der Waals surface area contributed by atoms with E-state index in [1.165, 1.54) is 0 Å². The lowest BCUT2D eigenvalue weighted by Gasteiger charge is -2.18. The van der Waals surface area contributed by atoms with Gasteiger partial charge in [0.15, 0.2) is 0 Å². The predicted molar refractivity (Wildman–Crippen MR) is 63.6 cm³/mol. The fourth-order valence-electron chi connectivity index (χ4n) is 1.65. The summed E-state index contributed by atoms with van der Waals surface area (Å²) in [6.07, 6.45) is -0.000805. The Hall–Kier alpha value is -1.75. The van der Waals surface area contributed by atoms with E-state index in [-0.39, 0.29) is 12.5 Å². The molecule has 0 aliphatic heterocycles. The van der Waals surface area contributed by atoms with Crippen LogP contribution in [0.5, 0.6) is 11.5 Å². The molecule has 1 atom stereocenters. The number of aliphatic carboxylic acids is 1. The lowest BCUT2D eigenvalue weighted by Crippen LogP contribution is -2.20. The van der Waals surface area contributed by atoms with Gasteiger partial charge < -0.3 is 19.9 Å². The number of carboxylic acids is 1. The first-order chi connectivity index (χ1) is 8.12. The highest BCUT2D eigenvalue weighted by Gasteiger charge is 2.18. The average Bonchev–Trinajstić information content (AvgIpc) is 2.35. The molecule has 0 saturated carbocycles. The summed E-state index contributed by atoms with van der Waals surface area (Å²) in [5.74, 6) is 0.433. The van der Waals surface area contributed by atoms with Gasteiger partial charge in [-0.15, -0.1) is 0 Å². The Morgan fingerprint density at radius 3 is 2.59 bits per heavy atom. The van der Waals surface area contributed by atoms with Crippen molar-refractivity contribution in [3.05, 3.63) is 23.8 Å². The minimum atomic E-state index is -0.859. The monoisotopic (exact) mass is 239 g/mol. The largest absolute Gasteiger partial charge is 0.497 e. The first kappa shape index (κ1) is 13.3. The maximum absolute atomic E-state index is 10.8. The third-order valence-electron chi connectivity index (χ3n) is 2.54. The Morgan fingerprint density at radius 2 is 2.12 bits per heavy atom. The van der Waals surface area contributed by atoms with Crippen LogP contribution in [0.3, 0.4) is 0 Å². The number of ether oxygens (including phenoxy) is 2. The molecule has 0 heterocycles. The summed E-state index contributed by atoms with van der Waals surface area (Å²) in [4.78, 5) is 10.8. The summed E-state index contributed by atoms with van der Waals surface area (Å²) < 4.78 is 10.3. The van der Waals surface area contributed by atoms with Gasteiger partial charge in [0.05, 0.1) is 20.6 Å². The number of carboxylic acid groups (broad SMARTS) is 1. The number of benzene rings is 1. The van der Waals surface area contributed by atoms with Gasteiger partial charge in [0.1, 0.15) is 11.5 Å². The zero-order valence-corrected chi connectivity index (χ0v) is 10.2. The highest BCUT2D eigenvalue weighted by Crippen LogP contribution is 2.30. The maximum Gasteiger partial charge on any atom is 0.305 e. The average molecular weight is 239 g/mol. The number of hydrogen-bond donors (Lipinski definition) is 2. The van der Waals surface area contributed by atoms with Crippen molar-refractivity contribution in [3.8, 4) is 11.5 Å². The van der Waals surface area contributed by atoms with Crippen LogP contribution in [-0.4, -0.2) is 32.3 Å². The molecule has 17 heavy (non-hydrogen) atoms. The smallest absolute Gasteiger partial charge is 0.305 e. The van der Waals surface area contributed by atoms with E-state index in [2.05, 4.69) is 5.32 Å². The Kier molecular flexibility index (Phi) is 4.78. The van der Waals surface area contributed by atoms with E-state index in [4.69, 9.17) is 14.6 Å². The van der Waals surface area contributed by atoms with Crippen molar-refractivity contribution < 1.29 is 19.4 Å². The van der Waals surface area contributed by atoms with Gasteiger partial charge in [-0.25, -0.2) is 0 Å².